The predicted octanol–water partition coefficient (Wildman–Crippen LogP) is 5.25. The molecule has 0 aliphatic carbocycles. The molecule has 0 atom stereocenters. The van der Waals surface area contributed by atoms with E-state index in [1.165, 1.54) is 17.7 Å². The van der Waals surface area contributed by atoms with E-state index in [1.807, 2.05) is 78.2 Å². The molecule has 0 saturated heterocycles. The number of oxazole rings is 1. The number of benzene rings is 2. The minimum absolute atomic E-state index is 0.139. The summed E-state index contributed by atoms with van der Waals surface area (Å²) in [6.07, 6.45) is 1.34. The average Bonchev–Trinajstić information content (AvgIpc) is 3.40. The van der Waals surface area contributed by atoms with Crippen LogP contribution in [0.25, 0.3) is 10.6 Å². The topological polar surface area (TPSA) is 46.3 Å². The van der Waals surface area contributed by atoms with Crippen LogP contribution in [0.1, 0.15) is 21.6 Å². The Morgan fingerprint density at radius 2 is 1.52 bits per heavy atom. The van der Waals surface area contributed by atoms with Crippen molar-refractivity contribution < 1.29 is 9.21 Å². The highest BCUT2D eigenvalue weighted by Crippen LogP contribution is 2.29. The Morgan fingerprint density at radius 1 is 0.889 bits per heavy atom. The molecule has 0 aliphatic rings. The van der Waals surface area contributed by atoms with E-state index in [4.69, 9.17) is 4.42 Å². The molecular weight excluding hydrogens is 356 g/mol. The first-order valence-corrected chi connectivity index (χ1v) is 9.54. The van der Waals surface area contributed by atoms with Crippen molar-refractivity contribution >= 4 is 17.2 Å². The summed E-state index contributed by atoms with van der Waals surface area (Å²) in [5.74, 6) is 0.390. The monoisotopic (exact) mass is 374 g/mol. The predicted molar refractivity (Wildman–Crippen MR) is 106 cm³/mol. The Kier molecular flexibility index (Phi) is 5.12. The van der Waals surface area contributed by atoms with Crippen molar-refractivity contribution in [1.29, 1.82) is 0 Å². The van der Waals surface area contributed by atoms with Gasteiger partial charge in [-0.25, -0.2) is 4.98 Å². The molecule has 1 amide bonds. The number of carbonyl (C=O) groups is 1. The highest BCUT2D eigenvalue weighted by Gasteiger charge is 2.24. The zero-order valence-corrected chi connectivity index (χ0v) is 15.4. The molecule has 0 N–H and O–H groups in total. The van der Waals surface area contributed by atoms with Crippen LogP contribution in [0, 0.1) is 0 Å². The van der Waals surface area contributed by atoms with Crippen LogP contribution >= 0.6 is 11.3 Å². The summed E-state index contributed by atoms with van der Waals surface area (Å²) >= 11 is 1.53. The lowest BCUT2D eigenvalue weighted by atomic mass is 10.1. The highest BCUT2D eigenvalue weighted by molar-refractivity contribution is 7.13. The van der Waals surface area contributed by atoms with Crippen LogP contribution in [-0.4, -0.2) is 15.8 Å². The van der Waals surface area contributed by atoms with Gasteiger partial charge in [0.25, 0.3) is 5.91 Å². The Labute approximate surface area is 161 Å². The first-order chi connectivity index (χ1) is 13.3. The fourth-order valence-corrected chi connectivity index (χ4v) is 3.65. The maximum Gasteiger partial charge on any atom is 0.277 e. The molecule has 0 spiro atoms. The number of rotatable bonds is 6. The molecule has 0 radical (unpaired) electrons. The van der Waals surface area contributed by atoms with Crippen LogP contribution in [0.4, 0.5) is 0 Å². The summed E-state index contributed by atoms with van der Waals surface area (Å²) < 4.78 is 5.53. The van der Waals surface area contributed by atoms with Crippen molar-refractivity contribution in [3.8, 4) is 10.6 Å². The van der Waals surface area contributed by atoms with Gasteiger partial charge in [0.05, 0.1) is 4.88 Å². The van der Waals surface area contributed by atoms with Gasteiger partial charge in [-0.15, -0.1) is 11.3 Å². The van der Waals surface area contributed by atoms with Crippen molar-refractivity contribution in [2.45, 2.75) is 13.1 Å². The molecule has 4 nitrogen and oxygen atoms in total. The van der Waals surface area contributed by atoms with Crippen molar-refractivity contribution in [3.63, 3.8) is 0 Å². The van der Waals surface area contributed by atoms with Crippen LogP contribution < -0.4 is 0 Å². The lowest BCUT2D eigenvalue weighted by Crippen LogP contribution is -2.30. The summed E-state index contributed by atoms with van der Waals surface area (Å²) in [6, 6.07) is 23.8. The molecule has 134 valence electrons. The van der Waals surface area contributed by atoms with Gasteiger partial charge < -0.3 is 9.32 Å². The van der Waals surface area contributed by atoms with Gasteiger partial charge in [0.15, 0.2) is 17.8 Å². The largest absolute Gasteiger partial charge is 0.442 e. The minimum atomic E-state index is -0.139. The van der Waals surface area contributed by atoms with Crippen LogP contribution in [0.15, 0.2) is 89.0 Å². The summed E-state index contributed by atoms with van der Waals surface area (Å²) in [6.45, 7) is 1.01. The molecule has 27 heavy (non-hydrogen) atoms. The Hall–Kier alpha value is -3.18. The first kappa shape index (κ1) is 17.2. The molecule has 2 heterocycles. The van der Waals surface area contributed by atoms with Gasteiger partial charge in [0, 0.05) is 13.1 Å². The number of thiophene rings is 1. The van der Waals surface area contributed by atoms with E-state index in [1.54, 1.807) is 4.90 Å². The quantitative estimate of drug-likeness (QED) is 0.463. The van der Waals surface area contributed by atoms with Crippen LogP contribution in [0.2, 0.25) is 0 Å². The SMILES string of the molecule is O=C(c1ncoc1-c1cccs1)N(Cc1ccccc1)Cc1ccccc1. The molecule has 0 bridgehead atoms. The summed E-state index contributed by atoms with van der Waals surface area (Å²) in [7, 11) is 0. The van der Waals surface area contributed by atoms with E-state index in [0.717, 1.165) is 16.0 Å². The molecular formula is C22H18N2O2S. The second kappa shape index (κ2) is 8.01. The number of carbonyl (C=O) groups excluding carboxylic acids is 1. The van der Waals surface area contributed by atoms with E-state index in [-0.39, 0.29) is 5.91 Å². The first-order valence-electron chi connectivity index (χ1n) is 8.66. The maximum absolute atomic E-state index is 13.3. The van der Waals surface area contributed by atoms with Gasteiger partial charge in [0.1, 0.15) is 0 Å². The van der Waals surface area contributed by atoms with E-state index in [0.29, 0.717) is 24.5 Å². The second-order valence-electron chi connectivity index (χ2n) is 6.14. The van der Waals surface area contributed by atoms with Crippen LogP contribution in [0.5, 0.6) is 0 Å². The molecule has 0 saturated carbocycles. The van der Waals surface area contributed by atoms with Crippen LogP contribution in [0.3, 0.4) is 0 Å². The van der Waals surface area contributed by atoms with Crippen LogP contribution in [-0.2, 0) is 13.1 Å². The number of amides is 1. The van der Waals surface area contributed by atoms with Crippen molar-refractivity contribution in [1.82, 2.24) is 9.88 Å². The van der Waals surface area contributed by atoms with Crippen molar-refractivity contribution in [2.75, 3.05) is 0 Å². The number of hydrogen-bond donors (Lipinski definition) is 0. The van der Waals surface area contributed by atoms with Gasteiger partial charge in [-0.05, 0) is 22.6 Å². The van der Waals surface area contributed by atoms with Gasteiger partial charge in [-0.2, -0.15) is 0 Å². The Morgan fingerprint density at radius 3 is 2.07 bits per heavy atom. The third-order valence-electron chi connectivity index (χ3n) is 4.23. The number of nitrogens with zero attached hydrogens (tertiary/aromatic N) is 2. The maximum atomic E-state index is 13.3. The van der Waals surface area contributed by atoms with E-state index < -0.39 is 0 Å². The molecule has 0 fully saturated rings. The second-order valence-corrected chi connectivity index (χ2v) is 7.09. The van der Waals surface area contributed by atoms with E-state index in [9.17, 15) is 4.79 Å². The van der Waals surface area contributed by atoms with Gasteiger partial charge in [-0.1, -0.05) is 66.7 Å². The van der Waals surface area contributed by atoms with E-state index in [2.05, 4.69) is 4.98 Å². The smallest absolute Gasteiger partial charge is 0.277 e. The van der Waals surface area contributed by atoms with Gasteiger partial charge in [0.2, 0.25) is 0 Å². The molecule has 5 heteroatoms. The molecule has 4 rings (SSSR count). The fourth-order valence-electron chi connectivity index (χ4n) is 2.94. The lowest BCUT2D eigenvalue weighted by molar-refractivity contribution is 0.0725. The fraction of sp³-hybridized carbons (Fsp3) is 0.0909. The number of aromatic nitrogens is 1. The molecule has 0 unspecified atom stereocenters. The van der Waals surface area contributed by atoms with Gasteiger partial charge >= 0.3 is 0 Å². The van der Waals surface area contributed by atoms with E-state index >= 15 is 0 Å². The zero-order chi connectivity index (χ0) is 18.5. The highest BCUT2D eigenvalue weighted by atomic mass is 32.1. The summed E-state index contributed by atoms with van der Waals surface area (Å²) in [5.41, 5.74) is 2.50. The van der Waals surface area contributed by atoms with Crippen molar-refractivity contribution in [2.24, 2.45) is 0 Å². The van der Waals surface area contributed by atoms with Gasteiger partial charge in [-0.3, -0.25) is 4.79 Å². The van der Waals surface area contributed by atoms with Crippen molar-refractivity contribution in [3.05, 3.63) is 101 Å². The Balaban J connectivity index is 1.65. The average molecular weight is 374 g/mol. The summed E-state index contributed by atoms with van der Waals surface area (Å²) in [5, 5.41) is 1.96. The third-order valence-corrected chi connectivity index (χ3v) is 5.10. The molecule has 2 aromatic heterocycles. The molecule has 4 aromatic rings. The lowest BCUT2D eigenvalue weighted by Gasteiger charge is -2.22. The number of hydrogen-bond acceptors (Lipinski definition) is 4. The standard InChI is InChI=1S/C22H18N2O2S/c25-22(20-21(26-16-23-20)19-12-7-13-27-19)24(14-17-8-3-1-4-9-17)15-18-10-5-2-6-11-18/h1-13,16H,14-15H2. The minimum Gasteiger partial charge on any atom is -0.442 e. The summed E-state index contributed by atoms with van der Waals surface area (Å²) in [4.78, 5) is 20.3. The molecule has 0 aliphatic heterocycles. The third kappa shape index (κ3) is 3.99. The Bertz CT molecular complexity index is 954. The molecule has 2 aromatic carbocycles. The zero-order valence-electron chi connectivity index (χ0n) is 14.6. The normalized spacial score (nSPS) is 10.7.